The van der Waals surface area contributed by atoms with Crippen molar-refractivity contribution in [3.8, 4) is 5.75 Å². The van der Waals surface area contributed by atoms with E-state index in [1.54, 1.807) is 6.07 Å². The molecule has 3 aliphatic rings. The van der Waals surface area contributed by atoms with Crippen LogP contribution in [0.5, 0.6) is 5.75 Å². The Morgan fingerprint density at radius 1 is 1.31 bits per heavy atom. The van der Waals surface area contributed by atoms with Crippen LogP contribution in [0.3, 0.4) is 0 Å². The maximum atomic E-state index is 14.7. The lowest BCUT2D eigenvalue weighted by molar-refractivity contribution is -0.119. The normalized spacial score (nSPS) is 24.5. The number of nitrogens with zero attached hydrogens (tertiary/aromatic N) is 2. The quantitative estimate of drug-likeness (QED) is 0.857. The number of morpholine rings is 1. The highest BCUT2D eigenvalue weighted by molar-refractivity contribution is 5.94. The van der Waals surface area contributed by atoms with E-state index in [0.29, 0.717) is 43.4 Å². The van der Waals surface area contributed by atoms with Gasteiger partial charge in [-0.1, -0.05) is 0 Å². The molecule has 0 aromatic heterocycles. The number of hydrogen-bond donors (Lipinski definition) is 1. The molecule has 1 aromatic carbocycles. The van der Waals surface area contributed by atoms with Crippen molar-refractivity contribution in [1.29, 1.82) is 0 Å². The van der Waals surface area contributed by atoms with E-state index in [1.807, 2.05) is 4.90 Å². The summed E-state index contributed by atoms with van der Waals surface area (Å²) in [4.78, 5) is 26.7. The van der Waals surface area contributed by atoms with Gasteiger partial charge < -0.3 is 24.4 Å². The summed E-state index contributed by atoms with van der Waals surface area (Å²) in [6, 6.07) is 2.53. The first kappa shape index (κ1) is 16.9. The molecule has 3 aliphatic heterocycles. The smallest absolute Gasteiger partial charge is 0.415 e. The van der Waals surface area contributed by atoms with Crippen LogP contribution in [0, 0.1) is 5.82 Å². The first-order valence-corrected chi connectivity index (χ1v) is 8.58. The number of carbonyl (C=O) groups is 2. The monoisotopic (exact) mass is 365 g/mol. The first-order chi connectivity index (χ1) is 12.5. The molecule has 2 fully saturated rings. The van der Waals surface area contributed by atoms with Gasteiger partial charge in [0.2, 0.25) is 5.91 Å². The molecule has 3 heterocycles. The second-order valence-corrected chi connectivity index (χ2v) is 6.48. The van der Waals surface area contributed by atoms with Crippen molar-refractivity contribution in [2.45, 2.75) is 19.1 Å². The number of nitrogens with one attached hydrogen (secondary N) is 1. The Hall–Kier alpha value is -2.55. The van der Waals surface area contributed by atoms with Crippen molar-refractivity contribution >= 4 is 23.4 Å². The number of amides is 2. The van der Waals surface area contributed by atoms with E-state index in [2.05, 4.69) is 5.32 Å². The molecule has 1 aromatic rings. The summed E-state index contributed by atoms with van der Waals surface area (Å²) in [5, 5.41) is 2.64. The molecule has 0 bridgehead atoms. The van der Waals surface area contributed by atoms with Crippen LogP contribution in [0.4, 0.5) is 20.6 Å². The number of hydrogen-bond acceptors (Lipinski definition) is 6. The zero-order valence-electron chi connectivity index (χ0n) is 14.4. The summed E-state index contributed by atoms with van der Waals surface area (Å²) in [7, 11) is 0. The van der Waals surface area contributed by atoms with Crippen LogP contribution in [0.15, 0.2) is 12.1 Å². The number of carbonyl (C=O) groups excluding carboxylic acids is 2. The Labute approximate surface area is 149 Å². The molecule has 140 valence electrons. The van der Waals surface area contributed by atoms with E-state index in [4.69, 9.17) is 14.2 Å². The number of cyclic esters (lactones) is 1. The van der Waals surface area contributed by atoms with Crippen molar-refractivity contribution in [3.63, 3.8) is 0 Å². The third kappa shape index (κ3) is 2.92. The van der Waals surface area contributed by atoms with E-state index in [1.165, 1.54) is 17.9 Å². The predicted molar refractivity (Wildman–Crippen MR) is 90.1 cm³/mol. The number of ether oxygens (including phenoxy) is 3. The molecule has 8 nitrogen and oxygen atoms in total. The molecule has 9 heteroatoms. The van der Waals surface area contributed by atoms with Crippen molar-refractivity contribution in [1.82, 2.24) is 5.32 Å². The Morgan fingerprint density at radius 2 is 2.08 bits per heavy atom. The molecule has 2 amide bonds. The predicted octanol–water partition coefficient (Wildman–Crippen LogP) is 0.885. The second-order valence-electron chi connectivity index (χ2n) is 6.48. The van der Waals surface area contributed by atoms with E-state index >= 15 is 0 Å². The lowest BCUT2D eigenvalue weighted by Crippen LogP contribution is -2.47. The Balaban J connectivity index is 1.60. The van der Waals surface area contributed by atoms with Crippen LogP contribution in [-0.4, -0.2) is 63.6 Å². The van der Waals surface area contributed by atoms with Gasteiger partial charge in [0.25, 0.3) is 0 Å². The number of halogens is 1. The number of anilines is 2. The summed E-state index contributed by atoms with van der Waals surface area (Å²) >= 11 is 0. The summed E-state index contributed by atoms with van der Waals surface area (Å²) in [5.74, 6) is -0.188. The highest BCUT2D eigenvalue weighted by atomic mass is 19.1. The fourth-order valence-electron chi connectivity index (χ4n) is 3.51. The van der Waals surface area contributed by atoms with Crippen molar-refractivity contribution in [2.75, 3.05) is 49.3 Å². The van der Waals surface area contributed by atoms with Crippen LogP contribution < -0.4 is 19.9 Å². The van der Waals surface area contributed by atoms with Gasteiger partial charge in [-0.15, -0.1) is 0 Å². The van der Waals surface area contributed by atoms with Gasteiger partial charge in [0.15, 0.2) is 0 Å². The molecule has 0 radical (unpaired) electrons. The van der Waals surface area contributed by atoms with Crippen molar-refractivity contribution in [2.24, 2.45) is 0 Å². The number of rotatable bonds is 3. The largest absolute Gasteiger partial charge is 0.489 e. The van der Waals surface area contributed by atoms with E-state index in [9.17, 15) is 14.0 Å². The van der Waals surface area contributed by atoms with Crippen LogP contribution in [0.2, 0.25) is 0 Å². The van der Waals surface area contributed by atoms with Crippen molar-refractivity contribution in [3.05, 3.63) is 17.9 Å². The second kappa shape index (κ2) is 6.64. The molecule has 0 spiro atoms. The molecule has 4 rings (SSSR count). The third-order valence-electron chi connectivity index (χ3n) is 4.81. The molecular weight excluding hydrogens is 345 g/mol. The zero-order valence-corrected chi connectivity index (χ0v) is 14.4. The molecule has 26 heavy (non-hydrogen) atoms. The summed E-state index contributed by atoms with van der Waals surface area (Å²) in [5.41, 5.74) is 0.791. The van der Waals surface area contributed by atoms with Crippen LogP contribution in [-0.2, 0) is 14.3 Å². The van der Waals surface area contributed by atoms with Gasteiger partial charge in [-0.05, 0) is 0 Å². The molecule has 0 aliphatic carbocycles. The fraction of sp³-hybridized carbons (Fsp3) is 0.529. The van der Waals surface area contributed by atoms with Gasteiger partial charge in [0.05, 0.1) is 31.1 Å². The highest BCUT2D eigenvalue weighted by Crippen LogP contribution is 2.42. The Bertz CT molecular complexity index is 737. The highest BCUT2D eigenvalue weighted by Gasteiger charge is 2.47. The number of fused-ring (bicyclic) bond motifs is 3. The minimum Gasteiger partial charge on any atom is -0.489 e. The molecule has 1 N–H and O–H groups in total. The van der Waals surface area contributed by atoms with Gasteiger partial charge in [-0.3, -0.25) is 9.69 Å². The molecule has 0 unspecified atom stereocenters. The van der Waals surface area contributed by atoms with Crippen LogP contribution in [0.25, 0.3) is 0 Å². The van der Waals surface area contributed by atoms with Gasteiger partial charge in [0, 0.05) is 32.1 Å². The molecule has 2 saturated heterocycles. The average molecular weight is 365 g/mol. The lowest BCUT2D eigenvalue weighted by atomic mass is 10.1. The average Bonchev–Trinajstić information content (AvgIpc) is 2.96. The molecular formula is C17H20FN3O5. The van der Waals surface area contributed by atoms with Gasteiger partial charge in [0.1, 0.15) is 30.3 Å². The minimum absolute atomic E-state index is 0.190. The van der Waals surface area contributed by atoms with Crippen molar-refractivity contribution < 1.29 is 28.2 Å². The maximum Gasteiger partial charge on any atom is 0.415 e. The number of benzene rings is 1. The summed E-state index contributed by atoms with van der Waals surface area (Å²) in [6.07, 6.45) is -1.10. The molecule has 2 atom stereocenters. The molecule has 0 saturated carbocycles. The van der Waals surface area contributed by atoms with Gasteiger partial charge in [-0.2, -0.15) is 0 Å². The fourth-order valence-corrected chi connectivity index (χ4v) is 3.51. The van der Waals surface area contributed by atoms with Crippen LogP contribution in [0.1, 0.15) is 6.92 Å². The van der Waals surface area contributed by atoms with Crippen LogP contribution >= 0.6 is 0 Å². The van der Waals surface area contributed by atoms with Gasteiger partial charge >= 0.3 is 6.09 Å². The summed E-state index contributed by atoms with van der Waals surface area (Å²) in [6.45, 7) is 4.09. The Morgan fingerprint density at radius 3 is 2.81 bits per heavy atom. The Kier molecular flexibility index (Phi) is 4.31. The first-order valence-electron chi connectivity index (χ1n) is 8.58. The lowest BCUT2D eigenvalue weighted by Gasteiger charge is -2.34. The topological polar surface area (TPSA) is 80.3 Å². The third-order valence-corrected chi connectivity index (χ3v) is 4.81. The van der Waals surface area contributed by atoms with E-state index in [0.717, 1.165) is 0 Å². The maximum absolute atomic E-state index is 14.7. The van der Waals surface area contributed by atoms with E-state index in [-0.39, 0.29) is 19.1 Å². The van der Waals surface area contributed by atoms with Gasteiger partial charge in [-0.25, -0.2) is 9.18 Å². The zero-order chi connectivity index (χ0) is 18.3. The summed E-state index contributed by atoms with van der Waals surface area (Å²) < 4.78 is 31.2. The standard InChI is InChI=1S/C17H20FN3O5/c1-10(22)19-8-16-14-9-25-15-7-12(20-2-4-24-5-3-20)11(18)6-13(15)21(14)17(23)26-16/h6-7,14,16H,2-5,8-9H2,1H3,(H,19,22)/t14-,16-/m0/s1. The van der Waals surface area contributed by atoms with E-state index < -0.39 is 24.1 Å². The minimum atomic E-state index is -0.562. The SMILES string of the molecule is CC(=O)NC[C@@H]1OC(=O)N2c3cc(F)c(N4CCOCC4)cc3OC[C@@H]12.